The summed E-state index contributed by atoms with van der Waals surface area (Å²) in [6, 6.07) is 5.97. The summed E-state index contributed by atoms with van der Waals surface area (Å²) in [5.41, 5.74) is 11.0. The smallest absolute Gasteiger partial charge is 0.363 e. The number of hydrogen-bond donors (Lipinski definition) is 2. The third-order valence-corrected chi connectivity index (χ3v) is 2.52. The summed E-state index contributed by atoms with van der Waals surface area (Å²) in [4.78, 5) is 43.1. The van der Waals surface area contributed by atoms with E-state index in [0.29, 0.717) is 10.8 Å². The molecule has 1 aromatic carbocycles. The van der Waals surface area contributed by atoms with Crippen LogP contribution in [0.15, 0.2) is 29.3 Å². The molecule has 2 amide bonds. The second-order valence-corrected chi connectivity index (χ2v) is 4.05. The van der Waals surface area contributed by atoms with Crippen molar-refractivity contribution in [3.05, 3.63) is 29.8 Å². The van der Waals surface area contributed by atoms with Gasteiger partial charge in [-0.25, -0.2) is 9.79 Å². The Bertz CT molecular complexity index is 591. The molecule has 1 aliphatic rings. The summed E-state index contributed by atoms with van der Waals surface area (Å²) < 4.78 is 0. The van der Waals surface area contributed by atoms with Gasteiger partial charge >= 0.3 is 5.97 Å². The SMILES string of the molecule is NC(N)=Nc1cccc(C(=O)ON2C(=O)CCC2=O)c1. The van der Waals surface area contributed by atoms with Crippen molar-refractivity contribution in [2.75, 3.05) is 0 Å². The Balaban J connectivity index is 2.15. The van der Waals surface area contributed by atoms with Gasteiger partial charge in [-0.3, -0.25) is 9.59 Å². The van der Waals surface area contributed by atoms with Gasteiger partial charge in [0.2, 0.25) is 0 Å². The molecule has 20 heavy (non-hydrogen) atoms. The van der Waals surface area contributed by atoms with Crippen LogP contribution in [-0.2, 0) is 14.4 Å². The zero-order valence-electron chi connectivity index (χ0n) is 10.4. The summed E-state index contributed by atoms with van der Waals surface area (Å²) in [6.45, 7) is 0. The van der Waals surface area contributed by atoms with Crippen LogP contribution in [0.5, 0.6) is 0 Å². The fourth-order valence-electron chi connectivity index (χ4n) is 1.64. The number of nitrogens with two attached hydrogens (primary N) is 2. The van der Waals surface area contributed by atoms with Gasteiger partial charge in [0, 0.05) is 12.8 Å². The zero-order valence-corrected chi connectivity index (χ0v) is 10.4. The third-order valence-electron chi connectivity index (χ3n) is 2.52. The molecule has 1 fully saturated rings. The van der Waals surface area contributed by atoms with Gasteiger partial charge in [-0.1, -0.05) is 6.07 Å². The lowest BCUT2D eigenvalue weighted by molar-refractivity contribution is -0.172. The molecule has 0 spiro atoms. The molecule has 1 heterocycles. The highest BCUT2D eigenvalue weighted by Gasteiger charge is 2.33. The molecule has 1 saturated heterocycles. The number of carbonyl (C=O) groups excluding carboxylic acids is 3. The average Bonchev–Trinajstić information content (AvgIpc) is 2.70. The van der Waals surface area contributed by atoms with E-state index in [4.69, 9.17) is 16.3 Å². The van der Waals surface area contributed by atoms with E-state index in [2.05, 4.69) is 4.99 Å². The van der Waals surface area contributed by atoms with Gasteiger partial charge in [-0.05, 0) is 18.2 Å². The minimum atomic E-state index is -0.832. The minimum absolute atomic E-state index is 0.0418. The van der Waals surface area contributed by atoms with Crippen LogP contribution in [0.4, 0.5) is 5.69 Å². The van der Waals surface area contributed by atoms with Crippen molar-refractivity contribution >= 4 is 29.4 Å². The van der Waals surface area contributed by atoms with Crippen LogP contribution >= 0.6 is 0 Å². The van der Waals surface area contributed by atoms with Crippen molar-refractivity contribution in [3.8, 4) is 0 Å². The number of hydrogen-bond acceptors (Lipinski definition) is 5. The second-order valence-electron chi connectivity index (χ2n) is 4.05. The van der Waals surface area contributed by atoms with Gasteiger partial charge in [-0.15, -0.1) is 5.06 Å². The largest absolute Gasteiger partial charge is 0.370 e. The summed E-state index contributed by atoms with van der Waals surface area (Å²) in [5, 5.41) is 0.482. The lowest BCUT2D eigenvalue weighted by atomic mass is 10.2. The van der Waals surface area contributed by atoms with E-state index in [-0.39, 0.29) is 24.4 Å². The monoisotopic (exact) mass is 276 g/mol. The van der Waals surface area contributed by atoms with Crippen LogP contribution in [0.25, 0.3) is 0 Å². The normalized spacial score (nSPS) is 14.3. The maximum Gasteiger partial charge on any atom is 0.363 e. The molecule has 0 atom stereocenters. The summed E-state index contributed by atoms with van der Waals surface area (Å²) in [6.07, 6.45) is 0.0836. The third kappa shape index (κ3) is 2.91. The molecule has 0 radical (unpaired) electrons. The van der Waals surface area contributed by atoms with Gasteiger partial charge in [-0.2, -0.15) is 0 Å². The molecule has 0 aliphatic carbocycles. The maximum atomic E-state index is 11.9. The number of benzene rings is 1. The average molecular weight is 276 g/mol. The fraction of sp³-hybridized carbons (Fsp3) is 0.167. The summed E-state index contributed by atoms with van der Waals surface area (Å²) in [7, 11) is 0. The number of aliphatic imine (C=N–C) groups is 1. The molecule has 4 N–H and O–H groups in total. The first-order chi connectivity index (χ1) is 9.47. The van der Waals surface area contributed by atoms with Crippen LogP contribution in [0, 0.1) is 0 Å². The predicted octanol–water partition coefficient (Wildman–Crippen LogP) is -0.188. The molecule has 0 bridgehead atoms. The fourth-order valence-corrected chi connectivity index (χ4v) is 1.64. The summed E-state index contributed by atoms with van der Waals surface area (Å²) >= 11 is 0. The molecule has 0 saturated carbocycles. The first-order valence-corrected chi connectivity index (χ1v) is 5.75. The van der Waals surface area contributed by atoms with Crippen LogP contribution in [0.1, 0.15) is 23.2 Å². The van der Waals surface area contributed by atoms with Gasteiger partial charge in [0.05, 0.1) is 11.3 Å². The topological polar surface area (TPSA) is 128 Å². The molecule has 1 aromatic rings. The number of amides is 2. The number of rotatable bonds is 3. The van der Waals surface area contributed by atoms with Crippen molar-refractivity contribution in [1.29, 1.82) is 0 Å². The van der Waals surface area contributed by atoms with Gasteiger partial charge in [0.1, 0.15) is 0 Å². The Morgan fingerprint density at radius 3 is 2.45 bits per heavy atom. The Kier molecular flexibility index (Phi) is 3.65. The minimum Gasteiger partial charge on any atom is -0.370 e. The standard InChI is InChI=1S/C12H12N4O4/c13-12(14)15-8-3-1-2-7(6-8)11(19)20-16-9(17)4-5-10(16)18/h1-3,6H,4-5H2,(H4,13,14,15). The molecular weight excluding hydrogens is 264 g/mol. The van der Waals surface area contributed by atoms with Crippen LogP contribution in [0.2, 0.25) is 0 Å². The number of nitrogens with zero attached hydrogens (tertiary/aromatic N) is 2. The van der Waals surface area contributed by atoms with Crippen LogP contribution in [-0.4, -0.2) is 28.8 Å². The maximum absolute atomic E-state index is 11.9. The van der Waals surface area contributed by atoms with E-state index >= 15 is 0 Å². The Morgan fingerprint density at radius 2 is 1.85 bits per heavy atom. The van der Waals surface area contributed by atoms with Crippen molar-refractivity contribution < 1.29 is 19.2 Å². The number of guanidine groups is 1. The van der Waals surface area contributed by atoms with Gasteiger partial charge in [0.25, 0.3) is 11.8 Å². The Hall–Kier alpha value is -2.90. The molecule has 0 aromatic heterocycles. The highest BCUT2D eigenvalue weighted by molar-refractivity contribution is 6.02. The highest BCUT2D eigenvalue weighted by atomic mass is 16.7. The molecule has 8 heteroatoms. The number of imide groups is 1. The van der Waals surface area contributed by atoms with Crippen molar-refractivity contribution in [2.45, 2.75) is 12.8 Å². The zero-order chi connectivity index (χ0) is 14.7. The lowest BCUT2D eigenvalue weighted by Crippen LogP contribution is -2.32. The molecular formula is C12H12N4O4. The Morgan fingerprint density at radius 1 is 1.20 bits per heavy atom. The summed E-state index contributed by atoms with van der Waals surface area (Å²) in [5.74, 6) is -2.06. The predicted molar refractivity (Wildman–Crippen MR) is 68.4 cm³/mol. The second kappa shape index (κ2) is 5.39. The highest BCUT2D eigenvalue weighted by Crippen LogP contribution is 2.17. The van der Waals surface area contributed by atoms with E-state index in [1.54, 1.807) is 12.1 Å². The van der Waals surface area contributed by atoms with Crippen LogP contribution < -0.4 is 11.5 Å². The number of carbonyl (C=O) groups is 3. The first kappa shape index (κ1) is 13.5. The van der Waals surface area contributed by atoms with E-state index in [1.165, 1.54) is 12.1 Å². The van der Waals surface area contributed by atoms with Crippen molar-refractivity contribution in [2.24, 2.45) is 16.5 Å². The quantitative estimate of drug-likeness (QED) is 0.447. The number of hydroxylamine groups is 2. The Labute approximate surface area is 114 Å². The van der Waals surface area contributed by atoms with Crippen molar-refractivity contribution in [1.82, 2.24) is 5.06 Å². The van der Waals surface area contributed by atoms with E-state index < -0.39 is 17.8 Å². The first-order valence-electron chi connectivity index (χ1n) is 5.75. The van der Waals surface area contributed by atoms with E-state index in [1.807, 2.05) is 0 Å². The van der Waals surface area contributed by atoms with Gasteiger partial charge < -0.3 is 16.3 Å². The van der Waals surface area contributed by atoms with Crippen molar-refractivity contribution in [3.63, 3.8) is 0 Å². The lowest BCUT2D eigenvalue weighted by Gasteiger charge is -2.12. The van der Waals surface area contributed by atoms with E-state index in [9.17, 15) is 14.4 Å². The molecule has 0 unspecified atom stereocenters. The van der Waals surface area contributed by atoms with Crippen LogP contribution in [0.3, 0.4) is 0 Å². The molecule has 2 rings (SSSR count). The van der Waals surface area contributed by atoms with E-state index in [0.717, 1.165) is 0 Å². The molecule has 104 valence electrons. The molecule has 8 nitrogen and oxygen atoms in total. The van der Waals surface area contributed by atoms with Gasteiger partial charge in [0.15, 0.2) is 5.96 Å². The molecule has 1 aliphatic heterocycles.